The van der Waals surface area contributed by atoms with E-state index in [9.17, 15) is 21.6 Å². The topological polar surface area (TPSA) is 61.8 Å². The van der Waals surface area contributed by atoms with E-state index < -0.39 is 27.7 Å². The first-order chi connectivity index (χ1) is 10.8. The minimum Gasteiger partial charge on any atom is -0.375 e. The third kappa shape index (κ3) is 2.99. The monoisotopic (exact) mass is 348 g/mol. The van der Waals surface area contributed by atoms with Crippen LogP contribution in [0, 0.1) is 0 Å². The summed E-state index contributed by atoms with van der Waals surface area (Å²) in [5.41, 5.74) is -4.90. The lowest BCUT2D eigenvalue weighted by Crippen LogP contribution is -2.28. The van der Waals surface area contributed by atoms with E-state index in [2.05, 4.69) is 4.18 Å². The normalized spacial score (nSPS) is 16.8. The maximum Gasteiger partial charge on any atom is 0.534 e. The van der Waals surface area contributed by atoms with Crippen LogP contribution in [0.25, 0.3) is 10.8 Å². The van der Waals surface area contributed by atoms with Gasteiger partial charge in [0.15, 0.2) is 12.0 Å². The fourth-order valence-electron chi connectivity index (χ4n) is 2.28. The third-order valence-electron chi connectivity index (χ3n) is 3.28. The van der Waals surface area contributed by atoms with Crippen molar-refractivity contribution in [2.75, 3.05) is 13.2 Å². The molecule has 0 aromatic heterocycles. The maximum absolute atomic E-state index is 12.5. The van der Waals surface area contributed by atoms with Crippen LogP contribution in [0.15, 0.2) is 36.4 Å². The molecule has 1 aliphatic heterocycles. The van der Waals surface area contributed by atoms with Gasteiger partial charge in [-0.3, -0.25) is 0 Å². The van der Waals surface area contributed by atoms with Gasteiger partial charge in [0, 0.05) is 10.9 Å². The van der Waals surface area contributed by atoms with Crippen LogP contribution >= 0.6 is 0 Å². The Morgan fingerprint density at radius 3 is 2.22 bits per heavy atom. The van der Waals surface area contributed by atoms with E-state index in [4.69, 9.17) is 9.47 Å². The molecule has 0 unspecified atom stereocenters. The van der Waals surface area contributed by atoms with Crippen molar-refractivity contribution in [1.82, 2.24) is 0 Å². The molecule has 0 N–H and O–H groups in total. The molecule has 0 spiro atoms. The first kappa shape index (κ1) is 16.0. The van der Waals surface area contributed by atoms with Gasteiger partial charge < -0.3 is 13.7 Å². The van der Waals surface area contributed by atoms with Crippen molar-refractivity contribution in [3.63, 3.8) is 0 Å². The van der Waals surface area contributed by atoms with E-state index in [0.29, 0.717) is 24.2 Å². The van der Waals surface area contributed by atoms with Crippen LogP contribution in [-0.4, -0.2) is 27.1 Å². The number of fused-ring (bicyclic) bond motifs is 1. The van der Waals surface area contributed by atoms with Gasteiger partial charge in [-0.1, -0.05) is 24.3 Å². The molecule has 1 saturated heterocycles. The van der Waals surface area contributed by atoms with Crippen molar-refractivity contribution in [3.05, 3.63) is 42.0 Å². The number of hydrogen-bond donors (Lipinski definition) is 0. The molecule has 5 nitrogen and oxygen atoms in total. The lowest BCUT2D eigenvalue weighted by atomic mass is 10.0. The second-order valence-corrected chi connectivity index (χ2v) is 6.29. The highest BCUT2D eigenvalue weighted by atomic mass is 32.2. The van der Waals surface area contributed by atoms with E-state index in [1.165, 1.54) is 12.1 Å². The van der Waals surface area contributed by atoms with Gasteiger partial charge in [-0.2, -0.15) is 21.6 Å². The quantitative estimate of drug-likeness (QED) is 0.630. The van der Waals surface area contributed by atoms with E-state index in [-0.39, 0.29) is 5.39 Å². The predicted octanol–water partition coefficient (Wildman–Crippen LogP) is 3.11. The van der Waals surface area contributed by atoms with E-state index in [0.717, 1.165) is 6.07 Å². The average molecular weight is 348 g/mol. The van der Waals surface area contributed by atoms with Crippen molar-refractivity contribution in [3.8, 4) is 5.75 Å². The summed E-state index contributed by atoms with van der Waals surface area (Å²) in [5, 5.41) is 0.714. The Labute approximate surface area is 129 Å². The summed E-state index contributed by atoms with van der Waals surface area (Å²) in [6.07, 6.45) is -0.645. The molecule has 0 atom stereocenters. The lowest BCUT2D eigenvalue weighted by Gasteiger charge is -2.16. The summed E-state index contributed by atoms with van der Waals surface area (Å²) in [5.74, 6) is -0.403. The molecule has 0 aliphatic carbocycles. The first-order valence-corrected chi connectivity index (χ1v) is 7.96. The summed E-state index contributed by atoms with van der Waals surface area (Å²) in [7, 11) is -5.74. The van der Waals surface area contributed by atoms with Crippen LogP contribution in [0.4, 0.5) is 13.2 Å². The summed E-state index contributed by atoms with van der Waals surface area (Å²) < 4.78 is 74.9. The van der Waals surface area contributed by atoms with Gasteiger partial charge in [-0.15, -0.1) is 0 Å². The Kier molecular flexibility index (Phi) is 3.95. The van der Waals surface area contributed by atoms with Crippen molar-refractivity contribution in [2.45, 2.75) is 11.8 Å². The molecule has 23 heavy (non-hydrogen) atoms. The molecule has 0 amide bonds. The SMILES string of the molecule is O=S(=O)(Oc1ccc(C2OCCO2)c2ccccc12)C(F)(F)F. The van der Waals surface area contributed by atoms with E-state index >= 15 is 0 Å². The highest BCUT2D eigenvalue weighted by Gasteiger charge is 2.48. The molecule has 2 aromatic rings. The molecule has 0 saturated carbocycles. The molecule has 0 radical (unpaired) electrons. The van der Waals surface area contributed by atoms with Crippen molar-refractivity contribution >= 4 is 20.9 Å². The Morgan fingerprint density at radius 2 is 1.61 bits per heavy atom. The molecular weight excluding hydrogens is 337 g/mol. The highest BCUT2D eigenvalue weighted by Crippen LogP contribution is 2.37. The van der Waals surface area contributed by atoms with Crippen LogP contribution in [0.2, 0.25) is 0 Å². The number of alkyl halides is 3. The van der Waals surface area contributed by atoms with Gasteiger partial charge in [0.2, 0.25) is 0 Å². The maximum atomic E-state index is 12.5. The first-order valence-electron chi connectivity index (χ1n) is 6.55. The minimum atomic E-state index is -5.74. The second-order valence-electron chi connectivity index (χ2n) is 4.76. The summed E-state index contributed by atoms with van der Waals surface area (Å²) in [4.78, 5) is 0. The molecular formula is C14H11F3O5S. The zero-order valence-corrected chi connectivity index (χ0v) is 12.4. The van der Waals surface area contributed by atoms with Crippen molar-refractivity contribution in [2.24, 2.45) is 0 Å². The molecule has 0 bridgehead atoms. The predicted molar refractivity (Wildman–Crippen MR) is 74.2 cm³/mol. The number of hydrogen-bond acceptors (Lipinski definition) is 5. The van der Waals surface area contributed by atoms with Gasteiger partial charge in [0.25, 0.3) is 0 Å². The molecule has 2 aromatic carbocycles. The number of rotatable bonds is 3. The second kappa shape index (κ2) is 5.66. The van der Waals surface area contributed by atoms with Gasteiger partial charge in [0.05, 0.1) is 13.2 Å². The molecule has 124 valence electrons. The number of ether oxygens (including phenoxy) is 2. The average Bonchev–Trinajstić information content (AvgIpc) is 3.00. The van der Waals surface area contributed by atoms with Gasteiger partial charge in [-0.25, -0.2) is 0 Å². The Hall–Kier alpha value is -1.84. The summed E-state index contributed by atoms with van der Waals surface area (Å²) in [6.45, 7) is 0.805. The van der Waals surface area contributed by atoms with Crippen LogP contribution in [0.5, 0.6) is 5.75 Å². The minimum absolute atomic E-state index is 0.219. The number of halogens is 3. The smallest absolute Gasteiger partial charge is 0.375 e. The van der Waals surface area contributed by atoms with Gasteiger partial charge in [-0.05, 0) is 17.5 Å². The molecule has 1 aliphatic rings. The largest absolute Gasteiger partial charge is 0.534 e. The fourth-order valence-corrected chi connectivity index (χ4v) is 2.75. The van der Waals surface area contributed by atoms with Gasteiger partial charge >= 0.3 is 15.6 Å². The summed E-state index contributed by atoms with van der Waals surface area (Å²) in [6, 6.07) is 8.92. The molecule has 9 heteroatoms. The standard InChI is InChI=1S/C14H11F3O5S/c15-14(16,17)23(18,19)22-12-6-5-11(13-20-7-8-21-13)9-3-1-2-4-10(9)12/h1-6,13H,7-8H2. The van der Waals surface area contributed by atoms with Crippen LogP contribution < -0.4 is 4.18 Å². The van der Waals surface area contributed by atoms with Crippen LogP contribution in [-0.2, 0) is 19.6 Å². The van der Waals surface area contributed by atoms with E-state index in [1.54, 1.807) is 18.2 Å². The highest BCUT2D eigenvalue weighted by molar-refractivity contribution is 7.88. The Balaban J connectivity index is 2.08. The zero-order chi connectivity index (χ0) is 16.7. The van der Waals surface area contributed by atoms with Gasteiger partial charge in [0.1, 0.15) is 0 Å². The van der Waals surface area contributed by atoms with Crippen molar-refractivity contribution in [1.29, 1.82) is 0 Å². The Bertz CT molecular complexity index is 826. The summed E-state index contributed by atoms with van der Waals surface area (Å²) >= 11 is 0. The zero-order valence-electron chi connectivity index (χ0n) is 11.5. The van der Waals surface area contributed by atoms with Crippen LogP contribution in [0.3, 0.4) is 0 Å². The molecule has 1 fully saturated rings. The Morgan fingerprint density at radius 1 is 1.00 bits per heavy atom. The van der Waals surface area contributed by atoms with E-state index in [1.807, 2.05) is 0 Å². The number of benzene rings is 2. The van der Waals surface area contributed by atoms with Crippen molar-refractivity contribution < 1.29 is 35.2 Å². The third-order valence-corrected chi connectivity index (χ3v) is 4.24. The molecule has 3 rings (SSSR count). The van der Waals surface area contributed by atoms with Crippen LogP contribution in [0.1, 0.15) is 11.9 Å². The molecule has 1 heterocycles. The lowest BCUT2D eigenvalue weighted by molar-refractivity contribution is -0.0500. The fraction of sp³-hybridized carbons (Fsp3) is 0.286.